The molecule has 5 aliphatic carbocycles. The fourth-order valence-electron chi connectivity index (χ4n) is 8.49. The van der Waals surface area contributed by atoms with Gasteiger partial charge in [0.2, 0.25) is 5.78 Å². The predicted octanol–water partition coefficient (Wildman–Crippen LogP) is 3.44. The molecule has 2 fully saturated rings. The van der Waals surface area contributed by atoms with Crippen LogP contribution >= 0.6 is 0 Å². The number of phenolic OH excluding ortho intramolecular Hbond substituents is 1. The van der Waals surface area contributed by atoms with Crippen LogP contribution in [0.15, 0.2) is 28.7 Å². The number of aliphatic hydroxyl groups is 3. The maximum Gasteiger partial charge on any atom is 0.255 e. The third-order valence-corrected chi connectivity index (χ3v) is 10.8. The Morgan fingerprint density at radius 3 is 2.22 bits per heavy atom. The molecule has 0 bridgehead atoms. The van der Waals surface area contributed by atoms with Gasteiger partial charge < -0.3 is 26.2 Å². The van der Waals surface area contributed by atoms with Gasteiger partial charge in [-0.15, -0.1) is 0 Å². The summed E-state index contributed by atoms with van der Waals surface area (Å²) in [5.74, 6) is -6.87. The van der Waals surface area contributed by atoms with E-state index in [1.807, 2.05) is 0 Å². The highest BCUT2D eigenvalue weighted by Gasteiger charge is 2.63. The van der Waals surface area contributed by atoms with E-state index in [4.69, 9.17) is 5.73 Å². The average Bonchev–Trinajstić information content (AvgIpc) is 3.81. The number of nitrogens with zero attached hydrogens (tertiary/aromatic N) is 2. The number of primary amides is 1. The average molecular weight is 626 g/mol. The van der Waals surface area contributed by atoms with Gasteiger partial charge in [0.1, 0.15) is 28.7 Å². The van der Waals surface area contributed by atoms with Crippen LogP contribution in [0.1, 0.15) is 79.3 Å². The molecule has 0 heterocycles. The van der Waals surface area contributed by atoms with Crippen molar-refractivity contribution >= 4 is 17.5 Å². The second-order valence-corrected chi connectivity index (χ2v) is 14.2. The van der Waals surface area contributed by atoms with Crippen molar-refractivity contribution in [3.05, 3.63) is 51.2 Å². The van der Waals surface area contributed by atoms with Gasteiger partial charge >= 0.3 is 0 Å². The smallest absolute Gasteiger partial charge is 0.255 e. The van der Waals surface area contributed by atoms with Crippen molar-refractivity contribution in [2.45, 2.75) is 82.4 Å². The van der Waals surface area contributed by atoms with Crippen LogP contribution < -0.4 is 5.73 Å². The highest BCUT2D eigenvalue weighted by Crippen LogP contribution is 2.52. The standard InChI is InChI=1S/C34H44FN3O7/c1-37(2)28-22-12-19-11-21-25(29(40)24(19)31(42)34(22,45)32(43)26(30(28)41)33(36)44)23(39)13-20(27(21)35)16-38(15-18-9-10-18)14-17-7-5-3-4-6-8-17/h13,17-19,22,28,39,41-42,45H,3-12,14-16H2,1-2H3,(H2,36,44)/t19-,22?,28-,34-/m0/s1. The SMILES string of the molecule is CN(C)[C@@H]1C(O)=C(C(N)=O)C(=O)[C@@]2(O)C(O)=C3C(=O)c4c(O)cc(CN(CC5CCCCCC5)CC5CC5)c(F)c4C[C@H]3CC12. The Kier molecular flexibility index (Phi) is 8.33. The number of aromatic hydroxyl groups is 1. The Morgan fingerprint density at radius 1 is 1.02 bits per heavy atom. The summed E-state index contributed by atoms with van der Waals surface area (Å²) in [4.78, 5) is 43.3. The van der Waals surface area contributed by atoms with E-state index in [9.17, 15) is 34.8 Å². The minimum atomic E-state index is -2.72. The van der Waals surface area contributed by atoms with Crippen molar-refractivity contribution in [2.24, 2.45) is 29.4 Å². The number of carbonyl (C=O) groups excluding carboxylic acids is 3. The lowest BCUT2D eigenvalue weighted by molar-refractivity contribution is -0.148. The van der Waals surface area contributed by atoms with E-state index in [-0.39, 0.29) is 29.5 Å². The van der Waals surface area contributed by atoms with E-state index in [0.29, 0.717) is 23.9 Å². The van der Waals surface area contributed by atoms with Gasteiger partial charge in [0.15, 0.2) is 11.4 Å². The number of fused-ring (bicyclic) bond motifs is 3. The number of hydrogen-bond acceptors (Lipinski definition) is 9. The van der Waals surface area contributed by atoms with Crippen molar-refractivity contribution in [3.8, 4) is 5.75 Å². The Balaban J connectivity index is 1.36. The van der Waals surface area contributed by atoms with Gasteiger partial charge in [-0.2, -0.15) is 0 Å². The number of likely N-dealkylation sites (N-methyl/N-ethyl adjacent to an activating group) is 1. The van der Waals surface area contributed by atoms with E-state index in [1.165, 1.54) is 36.6 Å². The number of rotatable bonds is 8. The van der Waals surface area contributed by atoms with E-state index in [0.717, 1.165) is 38.8 Å². The Bertz CT molecular complexity index is 1490. The van der Waals surface area contributed by atoms with Gasteiger partial charge in [0.25, 0.3) is 5.91 Å². The Morgan fingerprint density at radius 2 is 1.64 bits per heavy atom. The number of allylic oxidation sites excluding steroid dienone is 1. The molecule has 5 aliphatic rings. The number of nitrogens with two attached hydrogens (primary N) is 1. The zero-order chi connectivity index (χ0) is 32.4. The van der Waals surface area contributed by atoms with Crippen LogP contribution in [0.4, 0.5) is 4.39 Å². The molecular weight excluding hydrogens is 581 g/mol. The minimum Gasteiger partial charge on any atom is -0.510 e. The zero-order valence-electron chi connectivity index (χ0n) is 26.0. The topological polar surface area (TPSA) is 165 Å². The second-order valence-electron chi connectivity index (χ2n) is 14.2. The van der Waals surface area contributed by atoms with Crippen LogP contribution in [0.5, 0.6) is 5.75 Å². The first-order valence-corrected chi connectivity index (χ1v) is 16.2. The lowest BCUT2D eigenvalue weighted by atomic mass is 9.58. The number of amides is 1. The molecule has 0 aromatic heterocycles. The molecule has 45 heavy (non-hydrogen) atoms. The van der Waals surface area contributed by atoms with Gasteiger partial charge in [-0.25, -0.2) is 4.39 Å². The third kappa shape index (κ3) is 5.36. The van der Waals surface area contributed by atoms with Crippen LogP contribution in [-0.2, 0) is 22.6 Å². The molecule has 10 nitrogen and oxygen atoms in total. The Hall–Kier alpha value is -3.28. The third-order valence-electron chi connectivity index (χ3n) is 10.8. The summed E-state index contributed by atoms with van der Waals surface area (Å²) in [7, 11) is 3.14. The minimum absolute atomic E-state index is 0.0453. The second kappa shape index (κ2) is 11.8. The van der Waals surface area contributed by atoms with E-state index in [2.05, 4.69) is 4.90 Å². The number of ketones is 2. The molecule has 0 aliphatic heterocycles. The van der Waals surface area contributed by atoms with E-state index < -0.39 is 69.6 Å². The zero-order valence-corrected chi connectivity index (χ0v) is 26.0. The first-order valence-electron chi connectivity index (χ1n) is 16.2. The maximum absolute atomic E-state index is 16.4. The number of hydrogen-bond donors (Lipinski definition) is 5. The molecular formula is C34H44FN3O7. The van der Waals surface area contributed by atoms with Crippen LogP contribution in [0, 0.1) is 29.5 Å². The molecule has 1 amide bonds. The Labute approximate surface area is 262 Å². The summed E-state index contributed by atoms with van der Waals surface area (Å²) < 4.78 is 16.4. The summed E-state index contributed by atoms with van der Waals surface area (Å²) in [6.07, 6.45) is 9.39. The van der Waals surface area contributed by atoms with Crippen molar-refractivity contribution in [1.29, 1.82) is 0 Å². The van der Waals surface area contributed by atoms with Crippen molar-refractivity contribution in [1.82, 2.24) is 9.80 Å². The lowest BCUT2D eigenvalue weighted by Crippen LogP contribution is -2.63. The van der Waals surface area contributed by atoms with Crippen molar-refractivity contribution in [2.75, 3.05) is 27.2 Å². The van der Waals surface area contributed by atoms with Gasteiger partial charge in [-0.1, -0.05) is 25.7 Å². The number of Topliss-reactive ketones (excluding diaryl/α,β-unsaturated/α-hetero) is 2. The highest BCUT2D eigenvalue weighted by molar-refractivity contribution is 6.24. The lowest BCUT2D eigenvalue weighted by Gasteiger charge is -2.50. The largest absolute Gasteiger partial charge is 0.510 e. The number of aliphatic hydroxyl groups excluding tert-OH is 2. The van der Waals surface area contributed by atoms with Gasteiger partial charge in [-0.3, -0.25) is 24.2 Å². The molecule has 6 N–H and O–H groups in total. The molecule has 11 heteroatoms. The summed E-state index contributed by atoms with van der Waals surface area (Å²) in [5.41, 5.74) is 1.57. The summed E-state index contributed by atoms with van der Waals surface area (Å²) in [5, 5.41) is 45.3. The first-order chi connectivity index (χ1) is 21.3. The van der Waals surface area contributed by atoms with E-state index >= 15 is 4.39 Å². The van der Waals surface area contributed by atoms with Crippen LogP contribution in [0.3, 0.4) is 0 Å². The normalized spacial score (nSPS) is 29.2. The molecule has 0 radical (unpaired) electrons. The van der Waals surface area contributed by atoms with Crippen molar-refractivity contribution in [3.63, 3.8) is 0 Å². The van der Waals surface area contributed by atoms with Gasteiger partial charge in [-0.05, 0) is 76.4 Å². The molecule has 0 spiro atoms. The summed E-state index contributed by atoms with van der Waals surface area (Å²) >= 11 is 0. The highest BCUT2D eigenvalue weighted by atomic mass is 19.1. The maximum atomic E-state index is 16.4. The van der Waals surface area contributed by atoms with Crippen LogP contribution in [0.25, 0.3) is 0 Å². The number of benzene rings is 1. The molecule has 1 aromatic carbocycles. The summed E-state index contributed by atoms with van der Waals surface area (Å²) in [6, 6.07) is 0.192. The molecule has 4 atom stereocenters. The van der Waals surface area contributed by atoms with E-state index in [1.54, 1.807) is 14.1 Å². The number of halogens is 1. The van der Waals surface area contributed by atoms with Crippen molar-refractivity contribution < 1.29 is 39.2 Å². The molecule has 0 saturated heterocycles. The predicted molar refractivity (Wildman–Crippen MR) is 163 cm³/mol. The molecule has 1 aromatic rings. The molecule has 2 saturated carbocycles. The number of phenols is 1. The first kappa shape index (κ1) is 31.7. The molecule has 244 valence electrons. The van der Waals surface area contributed by atoms with Crippen LogP contribution in [-0.4, -0.2) is 86.5 Å². The fraction of sp³-hybridized carbons (Fsp3) is 0.618. The molecule has 1 unspecified atom stereocenters. The van der Waals surface area contributed by atoms with Gasteiger partial charge in [0, 0.05) is 42.3 Å². The number of carbonyl (C=O) groups is 3. The monoisotopic (exact) mass is 625 g/mol. The molecule has 6 rings (SSSR count). The van der Waals surface area contributed by atoms with Gasteiger partial charge in [0.05, 0.1) is 11.6 Å². The quantitative estimate of drug-likeness (QED) is 0.215. The summed E-state index contributed by atoms with van der Waals surface area (Å²) in [6.45, 7) is 2.03. The van der Waals surface area contributed by atoms with Crippen LogP contribution in [0.2, 0.25) is 0 Å². The fourth-order valence-corrected chi connectivity index (χ4v) is 8.49.